The number of carbonyl (C=O) groups is 1. The molecule has 0 spiro atoms. The van der Waals surface area contributed by atoms with Crippen molar-refractivity contribution < 1.29 is 24.1 Å². The number of pyridine rings is 2. The van der Waals surface area contributed by atoms with Crippen LogP contribution in [-0.2, 0) is 15.9 Å². The monoisotopic (exact) mass is 498 g/mol. The second-order valence-electron chi connectivity index (χ2n) is 9.11. The van der Waals surface area contributed by atoms with Gasteiger partial charge in [-0.25, -0.2) is 9.78 Å². The molecule has 1 atom stereocenters. The summed E-state index contributed by atoms with van der Waals surface area (Å²) in [6.45, 7) is 1.51. The van der Waals surface area contributed by atoms with Crippen molar-refractivity contribution in [2.45, 2.75) is 38.4 Å². The van der Waals surface area contributed by atoms with Crippen LogP contribution in [0.1, 0.15) is 41.6 Å². The van der Waals surface area contributed by atoms with Crippen LogP contribution in [0.4, 0.5) is 0 Å². The van der Waals surface area contributed by atoms with Crippen molar-refractivity contribution in [3.63, 3.8) is 0 Å². The van der Waals surface area contributed by atoms with Gasteiger partial charge in [0.15, 0.2) is 12.0 Å². The number of nitrogens with zero attached hydrogens (tertiary/aromatic N) is 2. The molecule has 0 radical (unpaired) electrons. The Morgan fingerprint density at radius 2 is 1.76 bits per heavy atom. The Kier molecular flexibility index (Phi) is 7.73. The first-order valence-corrected chi connectivity index (χ1v) is 12.6. The average Bonchev–Trinajstić information content (AvgIpc) is 2.95. The van der Waals surface area contributed by atoms with E-state index in [4.69, 9.17) is 19.2 Å². The topological polar surface area (TPSA) is 90.8 Å². The van der Waals surface area contributed by atoms with Gasteiger partial charge in [0.05, 0.1) is 19.2 Å². The van der Waals surface area contributed by atoms with Crippen molar-refractivity contribution >= 4 is 16.9 Å². The molecule has 1 aliphatic heterocycles. The van der Waals surface area contributed by atoms with Crippen LogP contribution in [0, 0.1) is 0 Å². The first-order chi connectivity index (χ1) is 18.1. The summed E-state index contributed by atoms with van der Waals surface area (Å²) >= 11 is 0. The number of rotatable bonds is 9. The molecular formula is C30H30N2O5. The summed E-state index contributed by atoms with van der Waals surface area (Å²) < 4.78 is 17.0. The summed E-state index contributed by atoms with van der Waals surface area (Å²) in [5.74, 6) is -0.853. The van der Waals surface area contributed by atoms with Crippen LogP contribution in [0.5, 0.6) is 5.75 Å². The zero-order valence-electron chi connectivity index (χ0n) is 20.9. The molecule has 2 aromatic carbocycles. The normalized spacial score (nSPS) is 15.5. The van der Waals surface area contributed by atoms with E-state index in [0.717, 1.165) is 49.0 Å². The third-order valence-electron chi connectivity index (χ3n) is 6.66. The van der Waals surface area contributed by atoms with Crippen LogP contribution < -0.4 is 4.74 Å². The number of carboxylic acid groups (broad SMARTS) is 1. The molecule has 1 saturated heterocycles. The quantitative estimate of drug-likeness (QED) is 0.277. The molecule has 37 heavy (non-hydrogen) atoms. The third kappa shape index (κ3) is 5.63. The molecule has 1 unspecified atom stereocenters. The molecule has 190 valence electrons. The first kappa shape index (κ1) is 24.9. The number of benzene rings is 2. The molecule has 1 aliphatic rings. The maximum absolute atomic E-state index is 12.1. The van der Waals surface area contributed by atoms with E-state index in [1.807, 2.05) is 24.3 Å². The number of ether oxygens (including phenoxy) is 3. The highest BCUT2D eigenvalue weighted by atomic mass is 16.7. The fourth-order valence-electron chi connectivity index (χ4n) is 4.71. The van der Waals surface area contributed by atoms with E-state index in [9.17, 15) is 9.90 Å². The van der Waals surface area contributed by atoms with Crippen LogP contribution in [-0.4, -0.2) is 47.7 Å². The maximum Gasteiger partial charge on any atom is 0.340 e. The second-order valence-corrected chi connectivity index (χ2v) is 9.11. The molecule has 2 aromatic heterocycles. The number of methoxy groups -OCH3 is 1. The molecule has 0 bridgehead atoms. The number of fused-ring (bicyclic) bond motifs is 1. The van der Waals surface area contributed by atoms with Gasteiger partial charge in [0.2, 0.25) is 0 Å². The number of hydrogen-bond donors (Lipinski definition) is 1. The summed E-state index contributed by atoms with van der Waals surface area (Å²) in [5, 5.41) is 10.3. The maximum atomic E-state index is 12.1. The summed E-state index contributed by atoms with van der Waals surface area (Å²) in [6, 6.07) is 18.2. The molecule has 5 rings (SSSR count). The van der Waals surface area contributed by atoms with Gasteiger partial charge in [-0.15, -0.1) is 0 Å². The van der Waals surface area contributed by atoms with Crippen molar-refractivity contribution in [1.82, 2.24) is 9.97 Å². The standard InChI is InChI=1S/C30H30N2O5/c1-35-29-27(30(33)34)24-19-31-16-15-25(24)32-28(29)23-13-11-22(12-14-23)21-9-7-20(8-10-21)5-4-18-37-26-6-2-3-17-36-26/h7-16,19,26H,2-6,17-18H2,1H3,(H,33,34). The summed E-state index contributed by atoms with van der Waals surface area (Å²) in [7, 11) is 1.46. The highest BCUT2D eigenvalue weighted by molar-refractivity contribution is 6.07. The Bertz CT molecular complexity index is 1360. The van der Waals surface area contributed by atoms with E-state index in [1.54, 1.807) is 12.3 Å². The van der Waals surface area contributed by atoms with Crippen molar-refractivity contribution in [2.75, 3.05) is 20.3 Å². The minimum absolute atomic E-state index is 0.0309. The first-order valence-electron chi connectivity index (χ1n) is 12.6. The number of carboxylic acids is 1. The van der Waals surface area contributed by atoms with Crippen LogP contribution >= 0.6 is 0 Å². The average molecular weight is 499 g/mol. The lowest BCUT2D eigenvalue weighted by atomic mass is 9.99. The van der Waals surface area contributed by atoms with Gasteiger partial charge in [0.1, 0.15) is 11.3 Å². The van der Waals surface area contributed by atoms with E-state index in [2.05, 4.69) is 29.2 Å². The fourth-order valence-corrected chi connectivity index (χ4v) is 4.71. The zero-order chi connectivity index (χ0) is 25.6. The predicted molar refractivity (Wildman–Crippen MR) is 142 cm³/mol. The predicted octanol–water partition coefficient (Wildman–Crippen LogP) is 6.15. The lowest BCUT2D eigenvalue weighted by Gasteiger charge is -2.22. The van der Waals surface area contributed by atoms with Gasteiger partial charge >= 0.3 is 5.97 Å². The van der Waals surface area contributed by atoms with E-state index >= 15 is 0 Å². The van der Waals surface area contributed by atoms with Crippen LogP contribution in [0.25, 0.3) is 33.3 Å². The van der Waals surface area contributed by atoms with E-state index in [-0.39, 0.29) is 17.6 Å². The molecule has 4 aromatic rings. The van der Waals surface area contributed by atoms with Crippen molar-refractivity contribution in [1.29, 1.82) is 0 Å². The smallest absolute Gasteiger partial charge is 0.340 e. The van der Waals surface area contributed by atoms with Crippen LogP contribution in [0.15, 0.2) is 67.0 Å². The van der Waals surface area contributed by atoms with Gasteiger partial charge in [0.25, 0.3) is 0 Å². The van der Waals surface area contributed by atoms with E-state index < -0.39 is 5.97 Å². The van der Waals surface area contributed by atoms with Crippen LogP contribution in [0.2, 0.25) is 0 Å². The number of aromatic nitrogens is 2. The highest BCUT2D eigenvalue weighted by Crippen LogP contribution is 2.36. The number of aryl methyl sites for hydroxylation is 1. The van der Waals surface area contributed by atoms with Crippen molar-refractivity contribution in [3.8, 4) is 28.1 Å². The van der Waals surface area contributed by atoms with Gasteiger partial charge < -0.3 is 19.3 Å². The Balaban J connectivity index is 1.29. The van der Waals surface area contributed by atoms with Gasteiger partial charge in [-0.1, -0.05) is 48.5 Å². The number of aromatic carboxylic acids is 1. The van der Waals surface area contributed by atoms with Crippen LogP contribution in [0.3, 0.4) is 0 Å². The van der Waals surface area contributed by atoms with Crippen molar-refractivity contribution in [2.24, 2.45) is 0 Å². The molecule has 1 fully saturated rings. The zero-order valence-corrected chi connectivity index (χ0v) is 20.9. The molecule has 0 amide bonds. The summed E-state index contributed by atoms with van der Waals surface area (Å²) in [5.41, 5.74) is 5.33. The highest BCUT2D eigenvalue weighted by Gasteiger charge is 2.22. The van der Waals surface area contributed by atoms with E-state index in [1.165, 1.54) is 25.3 Å². The molecular weight excluding hydrogens is 468 g/mol. The Morgan fingerprint density at radius 1 is 1.03 bits per heavy atom. The fraction of sp³-hybridized carbons (Fsp3) is 0.300. The largest absolute Gasteiger partial charge is 0.494 e. The minimum atomic E-state index is -1.08. The SMILES string of the molecule is COc1c(-c2ccc(-c3ccc(CCCOC4CCCCO4)cc3)cc2)nc2ccncc2c1C(=O)O. The lowest BCUT2D eigenvalue weighted by Crippen LogP contribution is -2.22. The summed E-state index contributed by atoms with van der Waals surface area (Å²) in [6.07, 6.45) is 8.30. The van der Waals surface area contributed by atoms with Gasteiger partial charge in [0, 0.05) is 30.0 Å². The minimum Gasteiger partial charge on any atom is -0.494 e. The molecule has 7 heteroatoms. The molecule has 7 nitrogen and oxygen atoms in total. The Morgan fingerprint density at radius 3 is 2.43 bits per heavy atom. The lowest BCUT2D eigenvalue weighted by molar-refractivity contribution is -0.162. The molecule has 3 heterocycles. The third-order valence-corrected chi connectivity index (χ3v) is 6.66. The Hall–Kier alpha value is -3.81. The van der Waals surface area contributed by atoms with Gasteiger partial charge in [-0.05, 0) is 54.9 Å². The summed E-state index contributed by atoms with van der Waals surface area (Å²) in [4.78, 5) is 20.8. The van der Waals surface area contributed by atoms with E-state index in [0.29, 0.717) is 23.2 Å². The molecule has 0 aliphatic carbocycles. The molecule has 0 saturated carbocycles. The second kappa shape index (κ2) is 11.5. The van der Waals surface area contributed by atoms with Crippen molar-refractivity contribution in [3.05, 3.63) is 78.1 Å². The van der Waals surface area contributed by atoms with Gasteiger partial charge in [-0.3, -0.25) is 4.98 Å². The van der Waals surface area contributed by atoms with Gasteiger partial charge in [-0.2, -0.15) is 0 Å². The Labute approximate surface area is 216 Å². The molecule has 1 N–H and O–H groups in total. The number of hydrogen-bond acceptors (Lipinski definition) is 6.